The zero-order valence-corrected chi connectivity index (χ0v) is 12.1. The fraction of sp³-hybridized carbons (Fsp3) is 0.444. The van der Waals surface area contributed by atoms with Crippen LogP contribution < -0.4 is 0 Å². The summed E-state index contributed by atoms with van der Waals surface area (Å²) in [6, 6.07) is 8.69. The van der Waals surface area contributed by atoms with Gasteiger partial charge in [-0.15, -0.1) is 0 Å². The Kier molecular flexibility index (Phi) is 3.75. The Hall–Kier alpha value is -1.30. The molecule has 0 atom stereocenters. The van der Waals surface area contributed by atoms with Crippen LogP contribution in [0.2, 0.25) is 0 Å². The average Bonchev–Trinajstić information content (AvgIpc) is 2.27. The summed E-state index contributed by atoms with van der Waals surface area (Å²) in [5, 5.41) is 0. The largest absolute Gasteiger partial charge is 0.0696 e. The van der Waals surface area contributed by atoms with E-state index >= 15 is 0 Å². The number of allylic oxidation sites excluding steroid dienone is 3. The molecular formula is C18H24. The molecular weight excluding hydrogens is 216 g/mol. The first kappa shape index (κ1) is 13.1. The van der Waals surface area contributed by atoms with Gasteiger partial charge in [-0.05, 0) is 49.7 Å². The van der Waals surface area contributed by atoms with Crippen molar-refractivity contribution in [1.29, 1.82) is 0 Å². The molecule has 1 aromatic carbocycles. The first-order valence-corrected chi connectivity index (χ1v) is 6.94. The molecule has 0 saturated carbocycles. The average molecular weight is 240 g/mol. The third-order valence-corrected chi connectivity index (χ3v) is 4.03. The van der Waals surface area contributed by atoms with Crippen LogP contribution in [-0.4, -0.2) is 0 Å². The van der Waals surface area contributed by atoms with Crippen LogP contribution in [0.1, 0.15) is 51.2 Å². The summed E-state index contributed by atoms with van der Waals surface area (Å²) in [6.45, 7) is 9.17. The number of hydrogen-bond acceptors (Lipinski definition) is 0. The SMILES string of the molecule is CC1=C(C=Cc2cccc(C)c2)C(C)(C)CCC1. The van der Waals surface area contributed by atoms with E-state index in [4.69, 9.17) is 0 Å². The number of benzene rings is 1. The van der Waals surface area contributed by atoms with E-state index in [9.17, 15) is 0 Å². The minimum atomic E-state index is 0.336. The normalized spacial score (nSPS) is 19.6. The van der Waals surface area contributed by atoms with E-state index in [1.54, 1.807) is 5.57 Å². The van der Waals surface area contributed by atoms with Crippen LogP contribution in [0.15, 0.2) is 41.5 Å². The Morgan fingerprint density at radius 3 is 2.56 bits per heavy atom. The van der Waals surface area contributed by atoms with Gasteiger partial charge in [0.05, 0.1) is 0 Å². The number of aryl methyl sites for hydroxylation is 1. The van der Waals surface area contributed by atoms with Crippen molar-refractivity contribution in [3.05, 3.63) is 52.6 Å². The summed E-state index contributed by atoms with van der Waals surface area (Å²) in [5.74, 6) is 0. The van der Waals surface area contributed by atoms with E-state index in [0.29, 0.717) is 5.41 Å². The second kappa shape index (κ2) is 5.14. The van der Waals surface area contributed by atoms with Gasteiger partial charge in [-0.25, -0.2) is 0 Å². The van der Waals surface area contributed by atoms with Gasteiger partial charge in [0, 0.05) is 0 Å². The lowest BCUT2D eigenvalue weighted by molar-refractivity contribution is 0.377. The van der Waals surface area contributed by atoms with Crippen molar-refractivity contribution >= 4 is 6.08 Å². The van der Waals surface area contributed by atoms with Gasteiger partial charge in [-0.2, -0.15) is 0 Å². The van der Waals surface area contributed by atoms with Crippen molar-refractivity contribution in [2.75, 3.05) is 0 Å². The zero-order valence-electron chi connectivity index (χ0n) is 12.1. The van der Waals surface area contributed by atoms with Crippen LogP contribution in [0.3, 0.4) is 0 Å². The second-order valence-electron chi connectivity index (χ2n) is 6.18. The summed E-state index contributed by atoms with van der Waals surface area (Å²) < 4.78 is 0. The number of rotatable bonds is 2. The molecule has 0 aliphatic heterocycles. The maximum absolute atomic E-state index is 2.37. The molecule has 1 aliphatic carbocycles. The van der Waals surface area contributed by atoms with Crippen LogP contribution in [0.25, 0.3) is 6.08 Å². The maximum atomic E-state index is 2.37. The van der Waals surface area contributed by atoms with Gasteiger partial charge >= 0.3 is 0 Å². The van der Waals surface area contributed by atoms with Crippen LogP contribution in [0, 0.1) is 12.3 Å². The van der Waals surface area contributed by atoms with Crippen molar-refractivity contribution in [3.8, 4) is 0 Å². The van der Waals surface area contributed by atoms with Crippen LogP contribution >= 0.6 is 0 Å². The Labute approximate surface area is 111 Å². The van der Waals surface area contributed by atoms with Gasteiger partial charge in [0.25, 0.3) is 0 Å². The highest BCUT2D eigenvalue weighted by atomic mass is 14.3. The molecule has 0 heteroatoms. The monoisotopic (exact) mass is 240 g/mol. The molecule has 0 radical (unpaired) electrons. The number of hydrogen-bond donors (Lipinski definition) is 0. The highest BCUT2D eigenvalue weighted by Crippen LogP contribution is 2.40. The molecule has 0 heterocycles. The third-order valence-electron chi connectivity index (χ3n) is 4.03. The Morgan fingerprint density at radius 1 is 1.11 bits per heavy atom. The van der Waals surface area contributed by atoms with E-state index in [2.05, 4.69) is 64.1 Å². The van der Waals surface area contributed by atoms with Crippen LogP contribution in [-0.2, 0) is 0 Å². The summed E-state index contributed by atoms with van der Waals surface area (Å²) in [7, 11) is 0. The van der Waals surface area contributed by atoms with Crippen molar-refractivity contribution in [2.24, 2.45) is 5.41 Å². The summed E-state index contributed by atoms with van der Waals surface area (Å²) in [5.41, 5.74) is 6.07. The van der Waals surface area contributed by atoms with Crippen LogP contribution in [0.5, 0.6) is 0 Å². The molecule has 0 spiro atoms. The molecule has 0 N–H and O–H groups in total. The topological polar surface area (TPSA) is 0 Å². The summed E-state index contributed by atoms with van der Waals surface area (Å²) in [4.78, 5) is 0. The predicted molar refractivity (Wildman–Crippen MR) is 80.5 cm³/mol. The lowest BCUT2D eigenvalue weighted by Crippen LogP contribution is -2.18. The molecule has 0 unspecified atom stereocenters. The van der Waals surface area contributed by atoms with Crippen molar-refractivity contribution in [3.63, 3.8) is 0 Å². The first-order chi connectivity index (χ1) is 8.49. The minimum absolute atomic E-state index is 0.336. The van der Waals surface area contributed by atoms with Crippen molar-refractivity contribution < 1.29 is 0 Å². The lowest BCUT2D eigenvalue weighted by Gasteiger charge is -2.32. The Balaban J connectivity index is 2.27. The molecule has 0 nitrogen and oxygen atoms in total. The molecule has 1 aliphatic rings. The Bertz CT molecular complexity index is 487. The molecule has 0 aromatic heterocycles. The smallest absolute Gasteiger partial charge is 0.0104 e. The van der Waals surface area contributed by atoms with E-state index in [1.165, 1.54) is 36.0 Å². The Morgan fingerprint density at radius 2 is 1.89 bits per heavy atom. The summed E-state index contributed by atoms with van der Waals surface area (Å²) >= 11 is 0. The first-order valence-electron chi connectivity index (χ1n) is 6.94. The fourth-order valence-electron chi connectivity index (χ4n) is 2.96. The van der Waals surface area contributed by atoms with E-state index in [-0.39, 0.29) is 0 Å². The minimum Gasteiger partial charge on any atom is -0.0696 e. The van der Waals surface area contributed by atoms with Crippen molar-refractivity contribution in [2.45, 2.75) is 47.0 Å². The molecule has 0 amide bonds. The quantitative estimate of drug-likeness (QED) is 0.637. The van der Waals surface area contributed by atoms with Gasteiger partial charge in [-0.3, -0.25) is 0 Å². The molecule has 1 aromatic rings. The molecule has 18 heavy (non-hydrogen) atoms. The van der Waals surface area contributed by atoms with Crippen molar-refractivity contribution in [1.82, 2.24) is 0 Å². The van der Waals surface area contributed by atoms with Gasteiger partial charge in [-0.1, -0.05) is 61.4 Å². The highest BCUT2D eigenvalue weighted by Gasteiger charge is 2.26. The van der Waals surface area contributed by atoms with E-state index in [1.807, 2.05) is 0 Å². The molecule has 96 valence electrons. The fourth-order valence-corrected chi connectivity index (χ4v) is 2.96. The van der Waals surface area contributed by atoms with E-state index < -0.39 is 0 Å². The van der Waals surface area contributed by atoms with E-state index in [0.717, 1.165) is 0 Å². The summed E-state index contributed by atoms with van der Waals surface area (Å²) in [6.07, 6.45) is 8.50. The lowest BCUT2D eigenvalue weighted by atomic mass is 9.72. The van der Waals surface area contributed by atoms with Gasteiger partial charge < -0.3 is 0 Å². The second-order valence-corrected chi connectivity index (χ2v) is 6.18. The maximum Gasteiger partial charge on any atom is -0.0104 e. The van der Waals surface area contributed by atoms with Gasteiger partial charge in [0.2, 0.25) is 0 Å². The van der Waals surface area contributed by atoms with Crippen LogP contribution in [0.4, 0.5) is 0 Å². The van der Waals surface area contributed by atoms with Gasteiger partial charge in [0.15, 0.2) is 0 Å². The van der Waals surface area contributed by atoms with Gasteiger partial charge in [0.1, 0.15) is 0 Å². The standard InChI is InChI=1S/C18H24/c1-14-7-5-9-16(13-14)10-11-17-15(2)8-6-12-18(17,3)4/h5,7,9-11,13H,6,8,12H2,1-4H3. The predicted octanol–water partition coefficient (Wildman–Crippen LogP) is 5.53. The third kappa shape index (κ3) is 2.93. The molecule has 0 fully saturated rings. The molecule has 0 saturated heterocycles. The molecule has 2 rings (SSSR count). The highest BCUT2D eigenvalue weighted by molar-refractivity contribution is 5.55. The zero-order chi connectivity index (χ0) is 13.2. The molecule has 0 bridgehead atoms.